The summed E-state index contributed by atoms with van der Waals surface area (Å²) in [7, 11) is 1.60. The van der Waals surface area contributed by atoms with Gasteiger partial charge >= 0.3 is 0 Å². The fraction of sp³-hybridized carbons (Fsp3) is 0.600. The van der Waals surface area contributed by atoms with E-state index in [-0.39, 0.29) is 0 Å². The zero-order valence-electron chi connectivity index (χ0n) is 8.41. The summed E-state index contributed by atoms with van der Waals surface area (Å²) < 4.78 is 14.9. The Morgan fingerprint density at radius 3 is 2.85 bits per heavy atom. The topological polar surface area (TPSA) is 27.7 Å². The summed E-state index contributed by atoms with van der Waals surface area (Å²) in [6.07, 6.45) is 4.30. The molecular weight excluding hydrogens is 168 g/mol. The van der Waals surface area contributed by atoms with E-state index in [0.717, 1.165) is 12.0 Å². The van der Waals surface area contributed by atoms with E-state index in [1.807, 2.05) is 13.0 Å². The lowest BCUT2D eigenvalue weighted by atomic mass is 10.2. The molecule has 3 heteroatoms. The van der Waals surface area contributed by atoms with Crippen molar-refractivity contribution < 1.29 is 14.2 Å². The van der Waals surface area contributed by atoms with Crippen molar-refractivity contribution in [3.63, 3.8) is 0 Å². The molecule has 13 heavy (non-hydrogen) atoms. The normalized spacial score (nSPS) is 10.6. The van der Waals surface area contributed by atoms with E-state index in [2.05, 4.69) is 6.58 Å². The van der Waals surface area contributed by atoms with E-state index in [1.54, 1.807) is 13.4 Å². The van der Waals surface area contributed by atoms with Gasteiger partial charge in [-0.25, -0.2) is 0 Å². The van der Waals surface area contributed by atoms with Crippen LogP contribution in [0, 0.1) is 0 Å². The van der Waals surface area contributed by atoms with Crippen LogP contribution in [0.15, 0.2) is 24.5 Å². The molecule has 0 aromatic carbocycles. The highest BCUT2D eigenvalue weighted by Crippen LogP contribution is 2.00. The Bertz CT molecular complexity index is 152. The second-order valence-corrected chi connectivity index (χ2v) is 2.48. The molecule has 0 N–H and O–H groups in total. The van der Waals surface area contributed by atoms with Crippen molar-refractivity contribution in [3.8, 4) is 0 Å². The number of hydrogen-bond acceptors (Lipinski definition) is 3. The second kappa shape index (κ2) is 9.29. The second-order valence-electron chi connectivity index (χ2n) is 2.48. The van der Waals surface area contributed by atoms with E-state index in [9.17, 15) is 0 Å². The van der Waals surface area contributed by atoms with Gasteiger partial charge in [-0.1, -0.05) is 6.58 Å². The fourth-order valence-corrected chi connectivity index (χ4v) is 0.669. The predicted octanol–water partition coefficient (Wildman–Crippen LogP) is 2.10. The number of allylic oxidation sites excluding steroid dienone is 1. The van der Waals surface area contributed by atoms with Crippen molar-refractivity contribution >= 4 is 0 Å². The fourth-order valence-electron chi connectivity index (χ4n) is 0.669. The van der Waals surface area contributed by atoms with Crippen LogP contribution in [0.3, 0.4) is 0 Å². The highest BCUT2D eigenvalue weighted by atomic mass is 16.7. The summed E-state index contributed by atoms with van der Waals surface area (Å²) in [6.45, 7) is 7.42. The van der Waals surface area contributed by atoms with Gasteiger partial charge in [0.05, 0.1) is 19.5 Å². The lowest BCUT2D eigenvalue weighted by Gasteiger charge is -2.02. The third kappa shape index (κ3) is 9.11. The third-order valence-corrected chi connectivity index (χ3v) is 1.34. The summed E-state index contributed by atoms with van der Waals surface area (Å²) >= 11 is 0. The summed E-state index contributed by atoms with van der Waals surface area (Å²) in [4.78, 5) is 0. The van der Waals surface area contributed by atoms with Gasteiger partial charge in [-0.15, -0.1) is 0 Å². The summed E-state index contributed by atoms with van der Waals surface area (Å²) in [5.74, 6) is 0. The number of hydrogen-bond donors (Lipinski definition) is 0. The zero-order valence-corrected chi connectivity index (χ0v) is 8.41. The third-order valence-electron chi connectivity index (χ3n) is 1.34. The molecule has 0 aromatic rings. The van der Waals surface area contributed by atoms with Crippen LogP contribution in [0.1, 0.15) is 13.3 Å². The number of rotatable bonds is 8. The van der Waals surface area contributed by atoms with Gasteiger partial charge in [-0.2, -0.15) is 0 Å². The van der Waals surface area contributed by atoms with E-state index >= 15 is 0 Å². The Kier molecular flexibility index (Phi) is 8.72. The molecule has 76 valence electrons. The molecule has 0 aliphatic carbocycles. The first-order chi connectivity index (χ1) is 6.31. The Morgan fingerprint density at radius 1 is 1.46 bits per heavy atom. The SMILES string of the molecule is C=C(/C=C/OCC)CCOCOC. The maximum atomic E-state index is 5.10. The van der Waals surface area contributed by atoms with Crippen LogP contribution >= 0.6 is 0 Å². The Hall–Kier alpha value is -0.800. The van der Waals surface area contributed by atoms with Crippen LogP contribution in [-0.4, -0.2) is 27.1 Å². The van der Waals surface area contributed by atoms with Crippen molar-refractivity contribution in [2.45, 2.75) is 13.3 Å². The molecule has 0 aliphatic heterocycles. The van der Waals surface area contributed by atoms with Crippen LogP contribution in [0.25, 0.3) is 0 Å². The highest BCUT2D eigenvalue weighted by molar-refractivity contribution is 5.12. The van der Waals surface area contributed by atoms with Gasteiger partial charge in [0.2, 0.25) is 0 Å². The lowest BCUT2D eigenvalue weighted by molar-refractivity contribution is -0.0289. The van der Waals surface area contributed by atoms with Crippen LogP contribution < -0.4 is 0 Å². The molecule has 3 nitrogen and oxygen atoms in total. The molecule has 0 rings (SSSR count). The van der Waals surface area contributed by atoms with Crippen LogP contribution in [0.2, 0.25) is 0 Å². The van der Waals surface area contributed by atoms with Gasteiger partial charge < -0.3 is 14.2 Å². The smallest absolute Gasteiger partial charge is 0.146 e. The van der Waals surface area contributed by atoms with E-state index in [0.29, 0.717) is 20.0 Å². The van der Waals surface area contributed by atoms with Crippen molar-refractivity contribution in [1.82, 2.24) is 0 Å². The molecule has 0 fully saturated rings. The average molecular weight is 186 g/mol. The molecular formula is C10H18O3. The standard InChI is InChI=1S/C10H18O3/c1-4-12-7-5-10(2)6-8-13-9-11-3/h5,7H,2,4,6,8-9H2,1,3H3/b7-5+. The first-order valence-corrected chi connectivity index (χ1v) is 4.33. The van der Waals surface area contributed by atoms with Crippen molar-refractivity contribution in [2.24, 2.45) is 0 Å². The molecule has 0 aliphatic rings. The highest BCUT2D eigenvalue weighted by Gasteiger charge is 1.89. The van der Waals surface area contributed by atoms with E-state index < -0.39 is 0 Å². The molecule has 0 unspecified atom stereocenters. The molecule has 0 aromatic heterocycles. The van der Waals surface area contributed by atoms with Gasteiger partial charge in [-0.05, 0) is 25.0 Å². The van der Waals surface area contributed by atoms with Gasteiger partial charge in [0.15, 0.2) is 0 Å². The predicted molar refractivity (Wildman–Crippen MR) is 52.4 cm³/mol. The van der Waals surface area contributed by atoms with E-state index in [1.165, 1.54) is 0 Å². The molecule has 0 radical (unpaired) electrons. The Balaban J connectivity index is 3.29. The first kappa shape index (κ1) is 12.2. The minimum atomic E-state index is 0.336. The average Bonchev–Trinajstić information content (AvgIpc) is 2.13. The molecule has 0 heterocycles. The summed E-state index contributed by atoms with van der Waals surface area (Å²) in [5.41, 5.74) is 0.990. The summed E-state index contributed by atoms with van der Waals surface area (Å²) in [5, 5.41) is 0. The van der Waals surface area contributed by atoms with Gasteiger partial charge in [0.25, 0.3) is 0 Å². The van der Waals surface area contributed by atoms with Crippen LogP contribution in [-0.2, 0) is 14.2 Å². The lowest BCUT2D eigenvalue weighted by Crippen LogP contribution is -1.98. The molecule has 0 spiro atoms. The minimum Gasteiger partial charge on any atom is -0.501 e. The van der Waals surface area contributed by atoms with Crippen LogP contribution in [0.5, 0.6) is 0 Å². The Labute approximate surface area is 80.0 Å². The maximum Gasteiger partial charge on any atom is 0.146 e. The van der Waals surface area contributed by atoms with Gasteiger partial charge in [-0.3, -0.25) is 0 Å². The summed E-state index contributed by atoms with van der Waals surface area (Å²) in [6, 6.07) is 0. The van der Waals surface area contributed by atoms with Crippen molar-refractivity contribution in [2.75, 3.05) is 27.1 Å². The number of ether oxygens (including phenoxy) is 3. The minimum absolute atomic E-state index is 0.336. The maximum absolute atomic E-state index is 5.10. The van der Waals surface area contributed by atoms with Gasteiger partial charge in [0.1, 0.15) is 6.79 Å². The molecule has 0 atom stereocenters. The van der Waals surface area contributed by atoms with Crippen molar-refractivity contribution in [3.05, 3.63) is 24.5 Å². The van der Waals surface area contributed by atoms with Crippen molar-refractivity contribution in [1.29, 1.82) is 0 Å². The zero-order chi connectivity index (χ0) is 9.94. The number of methoxy groups -OCH3 is 1. The molecule has 0 saturated heterocycles. The first-order valence-electron chi connectivity index (χ1n) is 4.33. The molecule has 0 bridgehead atoms. The quantitative estimate of drug-likeness (QED) is 0.251. The van der Waals surface area contributed by atoms with E-state index in [4.69, 9.17) is 14.2 Å². The Morgan fingerprint density at radius 2 is 2.23 bits per heavy atom. The molecule has 0 amide bonds. The van der Waals surface area contributed by atoms with Crippen LogP contribution in [0.4, 0.5) is 0 Å². The molecule has 0 saturated carbocycles. The largest absolute Gasteiger partial charge is 0.501 e. The monoisotopic (exact) mass is 186 g/mol. The van der Waals surface area contributed by atoms with Gasteiger partial charge in [0, 0.05) is 7.11 Å².